The number of aromatic nitrogens is 1. The minimum atomic E-state index is 0.518. The Morgan fingerprint density at radius 2 is 2.38 bits per heavy atom. The van der Waals surface area contributed by atoms with E-state index < -0.39 is 0 Å². The Bertz CT molecular complexity index is 358. The van der Waals surface area contributed by atoms with E-state index in [4.69, 9.17) is 11.6 Å². The second-order valence-corrected chi connectivity index (χ2v) is 3.90. The summed E-state index contributed by atoms with van der Waals surface area (Å²) in [5, 5.41) is 0.518. The number of hydrogen-bond acceptors (Lipinski definition) is 1. The lowest BCUT2D eigenvalue weighted by Gasteiger charge is -1.99. The number of rotatable bonds is 2. The Hall–Kier alpha value is -0.600. The van der Waals surface area contributed by atoms with E-state index in [1.54, 1.807) is 12.3 Å². The number of hydrogen-bond donors (Lipinski definition) is 0. The average molecular weight is 259 g/mol. The normalized spacial score (nSPS) is 11.5. The minimum Gasteiger partial charge on any atom is -0.244 e. The highest BCUT2D eigenvalue weighted by Crippen LogP contribution is 2.17. The van der Waals surface area contributed by atoms with Crippen LogP contribution in [0, 0.1) is 6.92 Å². The van der Waals surface area contributed by atoms with Crippen LogP contribution in [0.3, 0.4) is 0 Å². The molecule has 0 N–H and O–H groups in total. The summed E-state index contributed by atoms with van der Waals surface area (Å²) < 4.78 is 0.930. The zero-order valence-electron chi connectivity index (χ0n) is 7.22. The van der Waals surface area contributed by atoms with Gasteiger partial charge in [0.05, 0.1) is 0 Å². The van der Waals surface area contributed by atoms with Crippen LogP contribution in [-0.2, 0) is 0 Å². The zero-order chi connectivity index (χ0) is 9.84. The average Bonchev–Trinajstić information content (AvgIpc) is 2.09. The third kappa shape index (κ3) is 2.98. The van der Waals surface area contributed by atoms with Gasteiger partial charge < -0.3 is 0 Å². The zero-order valence-corrected chi connectivity index (χ0v) is 9.56. The first-order valence-electron chi connectivity index (χ1n) is 3.75. The summed E-state index contributed by atoms with van der Waals surface area (Å²) in [6.45, 7) is 5.63. The summed E-state index contributed by atoms with van der Waals surface area (Å²) in [7, 11) is 0. The molecule has 68 valence electrons. The van der Waals surface area contributed by atoms with Gasteiger partial charge in [0, 0.05) is 10.7 Å². The van der Waals surface area contributed by atoms with Gasteiger partial charge in [0.25, 0.3) is 0 Å². The quantitative estimate of drug-likeness (QED) is 0.578. The number of allylic oxidation sites excluding steroid dienone is 2. The van der Waals surface area contributed by atoms with Gasteiger partial charge in [-0.15, -0.1) is 0 Å². The van der Waals surface area contributed by atoms with Crippen LogP contribution in [0.25, 0.3) is 6.08 Å². The summed E-state index contributed by atoms with van der Waals surface area (Å²) in [6, 6.07) is 1.83. The molecule has 0 aliphatic heterocycles. The van der Waals surface area contributed by atoms with Crippen LogP contribution in [0.5, 0.6) is 0 Å². The summed E-state index contributed by atoms with van der Waals surface area (Å²) in [6.07, 6.45) is 5.42. The molecule has 0 bridgehead atoms. The maximum absolute atomic E-state index is 5.72. The number of aryl methyl sites for hydroxylation is 1. The fourth-order valence-electron chi connectivity index (χ4n) is 0.891. The van der Waals surface area contributed by atoms with Crippen molar-refractivity contribution in [2.45, 2.75) is 6.92 Å². The van der Waals surface area contributed by atoms with Gasteiger partial charge in [-0.3, -0.25) is 0 Å². The van der Waals surface area contributed by atoms with Crippen LogP contribution >= 0.6 is 27.5 Å². The Morgan fingerprint density at radius 3 is 2.92 bits per heavy atom. The minimum absolute atomic E-state index is 0.518. The summed E-state index contributed by atoms with van der Waals surface area (Å²) in [4.78, 5) is 3.99. The van der Waals surface area contributed by atoms with Crippen molar-refractivity contribution in [3.63, 3.8) is 0 Å². The van der Waals surface area contributed by atoms with Crippen LogP contribution in [0.1, 0.15) is 11.1 Å². The SMILES string of the molecule is C=C/C(Br)=C\c1cnc(Cl)cc1C. The van der Waals surface area contributed by atoms with E-state index in [0.29, 0.717) is 5.15 Å². The topological polar surface area (TPSA) is 12.9 Å². The van der Waals surface area contributed by atoms with Crippen molar-refractivity contribution in [1.82, 2.24) is 4.98 Å². The van der Waals surface area contributed by atoms with E-state index in [2.05, 4.69) is 27.5 Å². The molecule has 13 heavy (non-hydrogen) atoms. The van der Waals surface area contributed by atoms with E-state index in [1.807, 2.05) is 19.1 Å². The van der Waals surface area contributed by atoms with Gasteiger partial charge in [-0.2, -0.15) is 0 Å². The van der Waals surface area contributed by atoms with Crippen molar-refractivity contribution < 1.29 is 0 Å². The molecule has 0 radical (unpaired) electrons. The van der Waals surface area contributed by atoms with Gasteiger partial charge in [-0.1, -0.05) is 40.2 Å². The number of nitrogens with zero attached hydrogens (tertiary/aromatic N) is 1. The predicted molar refractivity (Wildman–Crippen MR) is 61.1 cm³/mol. The van der Waals surface area contributed by atoms with Crippen molar-refractivity contribution in [2.24, 2.45) is 0 Å². The van der Waals surface area contributed by atoms with Gasteiger partial charge in [-0.25, -0.2) is 4.98 Å². The first-order valence-corrected chi connectivity index (χ1v) is 4.92. The lowest BCUT2D eigenvalue weighted by Crippen LogP contribution is -1.84. The smallest absolute Gasteiger partial charge is 0.129 e. The molecule has 3 heteroatoms. The van der Waals surface area contributed by atoms with Gasteiger partial charge in [0.1, 0.15) is 5.15 Å². The van der Waals surface area contributed by atoms with E-state index in [9.17, 15) is 0 Å². The summed E-state index contributed by atoms with van der Waals surface area (Å²) in [5.74, 6) is 0. The molecule has 0 saturated heterocycles. The standard InChI is InChI=1S/C10H9BrClN/c1-3-9(11)5-8-6-13-10(12)4-7(8)2/h3-6H,1H2,2H3/b9-5+. The van der Waals surface area contributed by atoms with E-state index >= 15 is 0 Å². The molecule has 0 unspecified atom stereocenters. The molecule has 0 aromatic carbocycles. The molecule has 1 heterocycles. The predicted octanol–water partition coefficient (Wildman–Crippen LogP) is 3.97. The molecule has 0 amide bonds. The molecule has 0 aliphatic rings. The lowest BCUT2D eigenvalue weighted by atomic mass is 10.1. The summed E-state index contributed by atoms with van der Waals surface area (Å²) >= 11 is 9.07. The van der Waals surface area contributed by atoms with E-state index in [1.165, 1.54) is 0 Å². The van der Waals surface area contributed by atoms with Crippen molar-refractivity contribution in [2.75, 3.05) is 0 Å². The Balaban J connectivity index is 3.09. The lowest BCUT2D eigenvalue weighted by molar-refractivity contribution is 1.27. The van der Waals surface area contributed by atoms with Crippen molar-refractivity contribution in [3.8, 4) is 0 Å². The second-order valence-electron chi connectivity index (χ2n) is 2.60. The highest BCUT2D eigenvalue weighted by atomic mass is 79.9. The van der Waals surface area contributed by atoms with Crippen LogP contribution in [-0.4, -0.2) is 4.98 Å². The van der Waals surface area contributed by atoms with Gasteiger partial charge in [-0.05, 0) is 30.2 Å². The maximum Gasteiger partial charge on any atom is 0.129 e. The Labute approximate surface area is 91.3 Å². The molecule has 0 aliphatic carbocycles. The number of pyridine rings is 1. The first-order chi connectivity index (χ1) is 6.13. The third-order valence-corrected chi connectivity index (χ3v) is 2.37. The fourth-order valence-corrected chi connectivity index (χ4v) is 1.35. The summed E-state index contributed by atoms with van der Waals surface area (Å²) in [5.41, 5.74) is 2.13. The van der Waals surface area contributed by atoms with Gasteiger partial charge >= 0.3 is 0 Å². The number of halogens is 2. The van der Waals surface area contributed by atoms with Crippen molar-refractivity contribution >= 4 is 33.6 Å². The third-order valence-electron chi connectivity index (χ3n) is 1.61. The van der Waals surface area contributed by atoms with Crippen LogP contribution in [0.2, 0.25) is 5.15 Å². The Morgan fingerprint density at radius 1 is 1.69 bits per heavy atom. The highest BCUT2D eigenvalue weighted by Gasteiger charge is 1.97. The molecule has 0 spiro atoms. The van der Waals surface area contributed by atoms with Crippen LogP contribution in [0.4, 0.5) is 0 Å². The molecule has 1 aromatic rings. The Kier molecular flexibility index (Phi) is 3.70. The molecule has 1 nitrogen and oxygen atoms in total. The molecular weight excluding hydrogens is 249 g/mol. The first kappa shape index (κ1) is 10.5. The monoisotopic (exact) mass is 257 g/mol. The molecule has 1 rings (SSSR count). The van der Waals surface area contributed by atoms with Crippen LogP contribution in [0.15, 0.2) is 29.4 Å². The largest absolute Gasteiger partial charge is 0.244 e. The molecule has 0 atom stereocenters. The molecule has 0 fully saturated rings. The molecule has 1 aromatic heterocycles. The van der Waals surface area contributed by atoms with E-state index in [-0.39, 0.29) is 0 Å². The van der Waals surface area contributed by atoms with Gasteiger partial charge in [0.2, 0.25) is 0 Å². The van der Waals surface area contributed by atoms with Crippen molar-refractivity contribution in [3.05, 3.63) is 45.7 Å². The molecular formula is C10H9BrClN. The maximum atomic E-state index is 5.72. The molecule has 0 saturated carbocycles. The van der Waals surface area contributed by atoms with Crippen molar-refractivity contribution in [1.29, 1.82) is 0 Å². The second kappa shape index (κ2) is 4.58. The van der Waals surface area contributed by atoms with Crippen LogP contribution < -0.4 is 0 Å². The van der Waals surface area contributed by atoms with E-state index in [0.717, 1.165) is 15.6 Å². The highest BCUT2D eigenvalue weighted by molar-refractivity contribution is 9.12. The van der Waals surface area contributed by atoms with Gasteiger partial charge in [0.15, 0.2) is 0 Å². The fraction of sp³-hybridized carbons (Fsp3) is 0.100.